The number of fused-ring (bicyclic) bond motifs is 7. The molecule has 0 aromatic rings. The van der Waals surface area contributed by atoms with Gasteiger partial charge in [-0.3, -0.25) is 0 Å². The summed E-state index contributed by atoms with van der Waals surface area (Å²) in [7, 11) is 0. The van der Waals surface area contributed by atoms with Crippen LogP contribution in [0.1, 0.15) is 79.1 Å². The quantitative estimate of drug-likeness (QED) is 0.235. The Labute approximate surface area is 289 Å². The van der Waals surface area contributed by atoms with E-state index in [1.54, 1.807) is 0 Å². The molecule has 7 fully saturated rings. The Morgan fingerprint density at radius 3 is 2.27 bits per heavy atom. The molecule has 8 rings (SSSR count). The maximum Gasteiger partial charge on any atom is 0.186 e. The van der Waals surface area contributed by atoms with Crippen LogP contribution in [0.4, 0.5) is 0 Å². The molecule has 0 amide bonds. The monoisotopic (exact) mass is 694 g/mol. The zero-order chi connectivity index (χ0) is 34.6. The van der Waals surface area contributed by atoms with Crippen molar-refractivity contribution in [3.8, 4) is 0 Å². The van der Waals surface area contributed by atoms with Crippen molar-refractivity contribution >= 4 is 0 Å². The van der Waals surface area contributed by atoms with Crippen molar-refractivity contribution in [2.45, 2.75) is 152 Å². The van der Waals surface area contributed by atoms with Crippen molar-refractivity contribution < 1.29 is 59.1 Å². The summed E-state index contributed by atoms with van der Waals surface area (Å²) in [5, 5.41) is 63.7. The van der Waals surface area contributed by atoms with E-state index in [0.29, 0.717) is 48.3 Å². The lowest BCUT2D eigenvalue weighted by Crippen LogP contribution is -2.62. The Morgan fingerprint density at radius 1 is 0.796 bits per heavy atom. The fourth-order valence-electron chi connectivity index (χ4n) is 12.2. The number of ether oxygens (including phenoxy) is 6. The molecule has 4 aliphatic carbocycles. The van der Waals surface area contributed by atoms with Crippen molar-refractivity contribution in [3.05, 3.63) is 11.6 Å². The molecule has 3 saturated carbocycles. The highest BCUT2D eigenvalue weighted by molar-refractivity contribution is 5.28. The molecule has 6 N–H and O–H groups in total. The Balaban J connectivity index is 1.01. The van der Waals surface area contributed by atoms with Crippen molar-refractivity contribution in [2.75, 3.05) is 19.8 Å². The van der Waals surface area contributed by atoms with Crippen LogP contribution < -0.4 is 0 Å². The molecule has 6 unspecified atom stereocenters. The van der Waals surface area contributed by atoms with E-state index in [2.05, 4.69) is 33.8 Å². The Morgan fingerprint density at radius 2 is 1.53 bits per heavy atom. The largest absolute Gasteiger partial charge is 0.393 e. The van der Waals surface area contributed by atoms with Crippen molar-refractivity contribution in [1.82, 2.24) is 0 Å². The summed E-state index contributed by atoms with van der Waals surface area (Å²) in [6.45, 7) is 9.71. The van der Waals surface area contributed by atoms with Gasteiger partial charge < -0.3 is 59.1 Å². The Bertz CT molecular complexity index is 1260. The van der Waals surface area contributed by atoms with Crippen LogP contribution in [0.2, 0.25) is 0 Å². The molecule has 20 atom stereocenters. The highest BCUT2D eigenvalue weighted by Crippen LogP contribution is 2.71. The van der Waals surface area contributed by atoms with Gasteiger partial charge in [-0.25, -0.2) is 0 Å². The minimum absolute atomic E-state index is 0.145. The molecule has 0 radical (unpaired) electrons. The summed E-state index contributed by atoms with van der Waals surface area (Å²) in [6, 6.07) is 0. The standard InChI is InChI=1S/C37H58O12/c1-17-7-10-37(46-14-17)18(2)28-26(49-37)13-23-21-6-5-19-11-20(38)12-27(36(19,4)22(21)8-9-35(23,28)3)47-34-31(43)32(25(40)16-45-34)48-33-30(42)29(41)24(39)15-44-33/h5,17-18,20-34,38-43H,6-16H2,1-4H3/t17-,18-,20+,21?,22?,23?,24+,25-,26?,27+,28?,29-,30+,31+,32-,33-,34-,35-,36-,37?/m0/s1. The van der Waals surface area contributed by atoms with Crippen LogP contribution in [0.25, 0.3) is 0 Å². The van der Waals surface area contributed by atoms with Crippen LogP contribution in [0, 0.1) is 46.3 Å². The smallest absolute Gasteiger partial charge is 0.186 e. The summed E-state index contributed by atoms with van der Waals surface area (Å²) in [4.78, 5) is 0. The van der Waals surface area contributed by atoms with Gasteiger partial charge >= 0.3 is 0 Å². The van der Waals surface area contributed by atoms with Gasteiger partial charge in [0.15, 0.2) is 18.4 Å². The highest BCUT2D eigenvalue weighted by Gasteiger charge is 2.69. The lowest BCUT2D eigenvalue weighted by Gasteiger charge is -2.60. The second-order valence-corrected chi connectivity index (χ2v) is 17.5. The first-order chi connectivity index (χ1) is 23.3. The van der Waals surface area contributed by atoms with Gasteiger partial charge in [0.05, 0.1) is 38.1 Å². The SMILES string of the molecule is C[C@H]1CCC2(OC1)OC1CC3C4CC=C5C[C@@H](O)C[C@@H](O[C@@H]6OC[C@H](O)[C@H](O[C@@H]7OC[C@@H](O)[C@H](O)[C@H]7O)[C@H]6O)[C@]5(C)C4CC[C@]3(C)C1[C@@H]2C. The third-order valence-electron chi connectivity index (χ3n) is 14.9. The van der Waals surface area contributed by atoms with Gasteiger partial charge in [0, 0.05) is 24.2 Å². The molecular weight excluding hydrogens is 636 g/mol. The average molecular weight is 695 g/mol. The van der Waals surface area contributed by atoms with Crippen LogP contribution >= 0.6 is 0 Å². The first-order valence-electron chi connectivity index (χ1n) is 18.9. The number of hydrogen-bond acceptors (Lipinski definition) is 12. The highest BCUT2D eigenvalue weighted by atomic mass is 16.7. The van der Waals surface area contributed by atoms with Gasteiger partial charge in [0.2, 0.25) is 0 Å². The number of allylic oxidation sites excluding steroid dienone is 1. The molecule has 49 heavy (non-hydrogen) atoms. The molecule has 0 aromatic heterocycles. The first-order valence-corrected chi connectivity index (χ1v) is 18.9. The van der Waals surface area contributed by atoms with Crippen LogP contribution in [-0.2, 0) is 28.4 Å². The maximum absolute atomic E-state index is 11.5. The molecular formula is C37H58O12. The number of hydrogen-bond donors (Lipinski definition) is 6. The maximum atomic E-state index is 11.5. The van der Waals surface area contributed by atoms with Gasteiger partial charge in [-0.15, -0.1) is 0 Å². The molecule has 4 aliphatic heterocycles. The fraction of sp³-hybridized carbons (Fsp3) is 0.946. The lowest BCUT2D eigenvalue weighted by molar-refractivity contribution is -0.344. The van der Waals surface area contributed by atoms with E-state index in [1.165, 1.54) is 5.57 Å². The van der Waals surface area contributed by atoms with E-state index in [9.17, 15) is 30.6 Å². The van der Waals surface area contributed by atoms with Gasteiger partial charge in [-0.05, 0) is 73.5 Å². The third kappa shape index (κ3) is 5.45. The summed E-state index contributed by atoms with van der Waals surface area (Å²) in [5.74, 6) is 2.15. The first kappa shape index (κ1) is 35.3. The predicted molar refractivity (Wildman–Crippen MR) is 172 cm³/mol. The Hall–Kier alpha value is -0.740. The van der Waals surface area contributed by atoms with E-state index in [1.807, 2.05) is 0 Å². The summed E-state index contributed by atoms with van der Waals surface area (Å²) in [5.41, 5.74) is 0.958. The third-order valence-corrected chi connectivity index (χ3v) is 14.9. The van der Waals surface area contributed by atoms with E-state index in [-0.39, 0.29) is 24.7 Å². The van der Waals surface area contributed by atoms with Crippen LogP contribution in [0.3, 0.4) is 0 Å². The molecule has 278 valence electrons. The number of aliphatic hydroxyl groups excluding tert-OH is 6. The summed E-state index contributed by atoms with van der Waals surface area (Å²) < 4.78 is 37.2. The van der Waals surface area contributed by atoms with E-state index >= 15 is 0 Å². The van der Waals surface area contributed by atoms with Gasteiger partial charge in [0.25, 0.3) is 0 Å². The van der Waals surface area contributed by atoms with Crippen molar-refractivity contribution in [1.29, 1.82) is 0 Å². The Kier molecular flexibility index (Phi) is 9.14. The van der Waals surface area contributed by atoms with E-state index in [4.69, 9.17) is 28.4 Å². The zero-order valence-corrected chi connectivity index (χ0v) is 29.3. The van der Waals surface area contributed by atoms with Gasteiger partial charge in [0.1, 0.15) is 36.6 Å². The minimum atomic E-state index is -1.57. The zero-order valence-electron chi connectivity index (χ0n) is 29.3. The molecule has 1 spiro atoms. The van der Waals surface area contributed by atoms with Crippen LogP contribution in [-0.4, -0.2) is 124 Å². The van der Waals surface area contributed by atoms with Crippen molar-refractivity contribution in [3.63, 3.8) is 0 Å². The minimum Gasteiger partial charge on any atom is -0.393 e. The lowest BCUT2D eigenvalue weighted by atomic mass is 9.46. The molecule has 12 nitrogen and oxygen atoms in total. The normalized spacial score (nSPS) is 58.7. The predicted octanol–water partition coefficient (Wildman–Crippen LogP) is 1.61. The summed E-state index contributed by atoms with van der Waals surface area (Å²) >= 11 is 0. The molecule has 4 heterocycles. The van der Waals surface area contributed by atoms with Crippen LogP contribution in [0.15, 0.2) is 11.6 Å². The van der Waals surface area contributed by atoms with E-state index < -0.39 is 72.6 Å². The van der Waals surface area contributed by atoms with E-state index in [0.717, 1.165) is 45.1 Å². The second kappa shape index (κ2) is 12.7. The van der Waals surface area contributed by atoms with Gasteiger partial charge in [-0.2, -0.15) is 0 Å². The molecule has 0 aromatic carbocycles. The van der Waals surface area contributed by atoms with Crippen LogP contribution in [0.5, 0.6) is 0 Å². The molecule has 4 saturated heterocycles. The number of aliphatic hydroxyl groups is 6. The average Bonchev–Trinajstić information content (AvgIpc) is 3.51. The molecule has 8 aliphatic rings. The topological polar surface area (TPSA) is 177 Å². The second-order valence-electron chi connectivity index (χ2n) is 17.5. The number of rotatable bonds is 4. The summed E-state index contributed by atoms with van der Waals surface area (Å²) in [6.07, 6.45) is -2.11. The van der Waals surface area contributed by atoms with Crippen molar-refractivity contribution in [2.24, 2.45) is 46.3 Å². The van der Waals surface area contributed by atoms with Gasteiger partial charge in [-0.1, -0.05) is 39.3 Å². The fourth-order valence-corrected chi connectivity index (χ4v) is 12.2. The molecule has 12 heteroatoms. The molecule has 0 bridgehead atoms.